The number of hydrogen-bond donors (Lipinski definition) is 2. The highest BCUT2D eigenvalue weighted by molar-refractivity contribution is 5.78. The molecule has 0 radical (unpaired) electrons. The van der Waals surface area contributed by atoms with E-state index in [1.54, 1.807) is 6.92 Å². The first-order valence-corrected chi connectivity index (χ1v) is 4.63. The molecule has 0 spiro atoms. The molecule has 0 aromatic heterocycles. The van der Waals surface area contributed by atoms with Crippen molar-refractivity contribution < 1.29 is 19.4 Å². The van der Waals surface area contributed by atoms with Crippen LogP contribution in [0.25, 0.3) is 0 Å². The summed E-state index contributed by atoms with van der Waals surface area (Å²) in [4.78, 5) is 21.8. The fourth-order valence-corrected chi connectivity index (χ4v) is 1.35. The van der Waals surface area contributed by atoms with E-state index in [4.69, 9.17) is 5.11 Å². The normalized spacial score (nSPS) is 19.9. The van der Waals surface area contributed by atoms with Crippen LogP contribution in [0.1, 0.15) is 19.8 Å². The maximum atomic E-state index is 11.0. The van der Waals surface area contributed by atoms with Gasteiger partial charge in [-0.15, -0.1) is 0 Å². The number of carbonyl (C=O) groups excluding carboxylic acids is 1. The number of carboxylic acid groups (broad SMARTS) is 1. The van der Waals surface area contributed by atoms with Crippen molar-refractivity contribution in [2.24, 2.45) is 5.92 Å². The van der Waals surface area contributed by atoms with Crippen LogP contribution >= 0.6 is 0 Å². The molecule has 1 aliphatic rings. The maximum absolute atomic E-state index is 11.0. The quantitative estimate of drug-likeness (QED) is 0.612. The second kappa shape index (κ2) is 4.41. The van der Waals surface area contributed by atoms with Crippen LogP contribution in [0.15, 0.2) is 0 Å². The van der Waals surface area contributed by atoms with Gasteiger partial charge in [0.15, 0.2) is 0 Å². The van der Waals surface area contributed by atoms with Crippen molar-refractivity contribution in [1.82, 2.24) is 5.32 Å². The summed E-state index contributed by atoms with van der Waals surface area (Å²) >= 11 is 0. The van der Waals surface area contributed by atoms with E-state index < -0.39 is 24.0 Å². The molecule has 1 saturated carbocycles. The first-order chi connectivity index (χ1) is 6.56. The van der Waals surface area contributed by atoms with Crippen LogP contribution in [0.3, 0.4) is 0 Å². The van der Waals surface area contributed by atoms with Gasteiger partial charge in [-0.2, -0.15) is 0 Å². The van der Waals surface area contributed by atoms with E-state index in [1.807, 2.05) is 0 Å². The second-order valence-corrected chi connectivity index (χ2v) is 3.56. The number of aliphatic carboxylic acids is 1. The van der Waals surface area contributed by atoms with Crippen LogP contribution in [0.4, 0.5) is 0 Å². The highest BCUT2D eigenvalue weighted by atomic mass is 16.5. The first-order valence-electron chi connectivity index (χ1n) is 4.63. The fourth-order valence-electron chi connectivity index (χ4n) is 1.35. The van der Waals surface area contributed by atoms with Gasteiger partial charge in [0.05, 0.1) is 7.11 Å². The number of hydrogen-bond acceptors (Lipinski definition) is 4. The summed E-state index contributed by atoms with van der Waals surface area (Å²) in [6.07, 6.45) is 1.83. The number of carbonyl (C=O) groups is 2. The summed E-state index contributed by atoms with van der Waals surface area (Å²) in [6.45, 7) is 1.60. The number of esters is 1. The molecule has 2 N–H and O–H groups in total. The lowest BCUT2D eigenvalue weighted by molar-refractivity contribution is -0.144. The van der Waals surface area contributed by atoms with E-state index >= 15 is 0 Å². The summed E-state index contributed by atoms with van der Waals surface area (Å²) in [5.41, 5.74) is 0. The third kappa shape index (κ3) is 2.70. The molecular weight excluding hydrogens is 186 g/mol. The largest absolute Gasteiger partial charge is 0.480 e. The van der Waals surface area contributed by atoms with Gasteiger partial charge in [0.2, 0.25) is 0 Å². The lowest BCUT2D eigenvalue weighted by atomic mass is 10.1. The molecule has 0 amide bonds. The van der Waals surface area contributed by atoms with E-state index in [9.17, 15) is 9.59 Å². The molecule has 0 saturated heterocycles. The van der Waals surface area contributed by atoms with Crippen molar-refractivity contribution in [3.8, 4) is 0 Å². The summed E-state index contributed by atoms with van der Waals surface area (Å²) in [6, 6.07) is -1.19. The molecular formula is C9H15NO4. The minimum absolute atomic E-state index is 0.166. The van der Waals surface area contributed by atoms with Gasteiger partial charge in [-0.25, -0.2) is 0 Å². The monoisotopic (exact) mass is 201 g/mol. The molecule has 0 aromatic carbocycles. The van der Waals surface area contributed by atoms with E-state index in [1.165, 1.54) is 7.11 Å². The van der Waals surface area contributed by atoms with Gasteiger partial charge < -0.3 is 9.84 Å². The molecule has 0 heterocycles. The van der Waals surface area contributed by atoms with Gasteiger partial charge in [0.25, 0.3) is 0 Å². The molecule has 0 bridgehead atoms. The Morgan fingerprint density at radius 3 is 2.43 bits per heavy atom. The van der Waals surface area contributed by atoms with Gasteiger partial charge >= 0.3 is 11.9 Å². The lowest BCUT2D eigenvalue weighted by Gasteiger charge is -2.17. The van der Waals surface area contributed by atoms with Crippen molar-refractivity contribution >= 4 is 11.9 Å². The molecule has 2 unspecified atom stereocenters. The summed E-state index contributed by atoms with van der Waals surface area (Å²) in [5.74, 6) is -1.17. The van der Waals surface area contributed by atoms with Crippen molar-refractivity contribution in [1.29, 1.82) is 0 Å². The van der Waals surface area contributed by atoms with Crippen LogP contribution in [0.2, 0.25) is 0 Å². The Balaban J connectivity index is 2.46. The second-order valence-electron chi connectivity index (χ2n) is 3.56. The molecule has 14 heavy (non-hydrogen) atoms. The average Bonchev–Trinajstić information content (AvgIpc) is 2.95. The standard InChI is InChI=1S/C9H15NO4/c1-5(9(13)14-2)10-7(8(11)12)6-3-4-6/h5-7,10H,3-4H2,1-2H3,(H,11,12). The summed E-state index contributed by atoms with van der Waals surface area (Å²) in [7, 11) is 1.29. The Bertz CT molecular complexity index is 237. The Morgan fingerprint density at radius 2 is 2.07 bits per heavy atom. The number of methoxy groups -OCH3 is 1. The maximum Gasteiger partial charge on any atom is 0.322 e. The van der Waals surface area contributed by atoms with E-state index in [2.05, 4.69) is 10.1 Å². The molecule has 1 aliphatic carbocycles. The Hall–Kier alpha value is -1.10. The molecule has 1 fully saturated rings. The van der Waals surface area contributed by atoms with Gasteiger partial charge in [-0.3, -0.25) is 14.9 Å². The molecule has 0 aromatic rings. The average molecular weight is 201 g/mol. The van der Waals surface area contributed by atoms with Crippen LogP contribution in [0, 0.1) is 5.92 Å². The van der Waals surface area contributed by atoms with Gasteiger partial charge in [-0.1, -0.05) is 0 Å². The molecule has 5 nitrogen and oxygen atoms in total. The van der Waals surface area contributed by atoms with E-state index in [0.717, 1.165) is 12.8 Å². The predicted octanol–water partition coefficient (Wildman–Crippen LogP) is 0.000700. The van der Waals surface area contributed by atoms with Crippen LogP contribution in [0.5, 0.6) is 0 Å². The minimum Gasteiger partial charge on any atom is -0.480 e. The number of nitrogens with one attached hydrogen (secondary N) is 1. The van der Waals surface area contributed by atoms with Crippen molar-refractivity contribution in [2.45, 2.75) is 31.8 Å². The lowest BCUT2D eigenvalue weighted by Crippen LogP contribution is -2.47. The van der Waals surface area contributed by atoms with Crippen LogP contribution < -0.4 is 5.32 Å². The van der Waals surface area contributed by atoms with Crippen LogP contribution in [-0.4, -0.2) is 36.2 Å². The zero-order valence-electron chi connectivity index (χ0n) is 8.32. The minimum atomic E-state index is -0.900. The zero-order chi connectivity index (χ0) is 10.7. The van der Waals surface area contributed by atoms with Crippen molar-refractivity contribution in [3.05, 3.63) is 0 Å². The number of ether oxygens (including phenoxy) is 1. The van der Waals surface area contributed by atoms with Crippen molar-refractivity contribution in [2.75, 3.05) is 7.11 Å². The molecule has 5 heteroatoms. The van der Waals surface area contributed by atoms with Gasteiger partial charge in [-0.05, 0) is 25.7 Å². The summed E-state index contributed by atoms with van der Waals surface area (Å²) in [5, 5.41) is 11.6. The van der Waals surface area contributed by atoms with Gasteiger partial charge in [0.1, 0.15) is 12.1 Å². The summed E-state index contributed by atoms with van der Waals surface area (Å²) < 4.78 is 4.50. The van der Waals surface area contributed by atoms with E-state index in [0.29, 0.717) is 0 Å². The number of carboxylic acids is 1. The van der Waals surface area contributed by atoms with Crippen molar-refractivity contribution in [3.63, 3.8) is 0 Å². The number of rotatable bonds is 5. The zero-order valence-corrected chi connectivity index (χ0v) is 8.32. The third-order valence-electron chi connectivity index (χ3n) is 2.34. The molecule has 80 valence electrons. The topological polar surface area (TPSA) is 75.6 Å². The Labute approximate surface area is 82.4 Å². The van der Waals surface area contributed by atoms with Gasteiger partial charge in [0, 0.05) is 0 Å². The fraction of sp³-hybridized carbons (Fsp3) is 0.778. The first kappa shape index (κ1) is 11.0. The SMILES string of the molecule is COC(=O)C(C)NC(C(=O)O)C1CC1. The predicted molar refractivity (Wildman–Crippen MR) is 48.8 cm³/mol. The van der Waals surface area contributed by atoms with Crippen LogP contribution in [-0.2, 0) is 14.3 Å². The smallest absolute Gasteiger partial charge is 0.322 e. The molecule has 1 rings (SSSR count). The Morgan fingerprint density at radius 1 is 1.50 bits per heavy atom. The van der Waals surface area contributed by atoms with E-state index in [-0.39, 0.29) is 5.92 Å². The highest BCUT2D eigenvalue weighted by Gasteiger charge is 2.37. The highest BCUT2D eigenvalue weighted by Crippen LogP contribution is 2.32. The molecule has 2 atom stereocenters. The Kier molecular flexibility index (Phi) is 3.46. The molecule has 0 aliphatic heterocycles. The third-order valence-corrected chi connectivity index (χ3v) is 2.34.